The van der Waals surface area contributed by atoms with Gasteiger partial charge < -0.3 is 0 Å². The first-order valence-electron chi connectivity index (χ1n) is 4.43. The second-order valence-electron chi connectivity index (χ2n) is 2.59. The van der Waals surface area contributed by atoms with Crippen LogP contribution in [0.25, 0.3) is 0 Å². The molecule has 1 heterocycles. The van der Waals surface area contributed by atoms with Gasteiger partial charge in [0.25, 0.3) is 0 Å². The number of hydrogen-bond donors (Lipinski definition) is 0. The smallest absolute Gasteiger partial charge is 0 e. The van der Waals surface area contributed by atoms with E-state index in [2.05, 4.69) is 45.4 Å². The Morgan fingerprint density at radius 1 is 0.773 bits per heavy atom. The third-order valence-electron chi connectivity index (χ3n) is 1.71. The quantitative estimate of drug-likeness (QED) is 0.232. The summed E-state index contributed by atoms with van der Waals surface area (Å²) in [5, 5.41) is 1.31. The van der Waals surface area contributed by atoms with Crippen molar-refractivity contribution in [3.8, 4) is 0 Å². The number of rotatable bonds is 1. The van der Waals surface area contributed by atoms with Crippen LogP contribution < -0.4 is 5.30 Å². The van der Waals surface area contributed by atoms with Gasteiger partial charge in [0.15, 0.2) is 0 Å². The molecule has 114 valence electrons. The van der Waals surface area contributed by atoms with Crippen LogP contribution in [0, 0.1) is 33.3 Å². The van der Waals surface area contributed by atoms with Crippen molar-refractivity contribution in [3.05, 3.63) is 63.6 Å². The average molecular weight is 529 g/mol. The van der Waals surface area contributed by atoms with Crippen LogP contribution in [0.15, 0.2) is 30.3 Å². The van der Waals surface area contributed by atoms with E-state index in [0.29, 0.717) is 0 Å². The third kappa shape index (κ3) is 16.0. The molecule has 1 aliphatic rings. The molecule has 9 heteroatoms. The number of halogens is 2. The largest absolute Gasteiger partial charge is 0 e. The predicted octanol–water partition coefficient (Wildman–Crippen LogP) is 2.75. The van der Waals surface area contributed by atoms with E-state index >= 15 is 0 Å². The van der Waals surface area contributed by atoms with Gasteiger partial charge in [0, 0.05) is 27.2 Å². The number of hydrogen-bond acceptors (Lipinski definition) is 0. The van der Waals surface area contributed by atoms with E-state index in [1.54, 1.807) is 0 Å². The van der Waals surface area contributed by atoms with Crippen molar-refractivity contribution in [1.82, 2.24) is 0 Å². The van der Waals surface area contributed by atoms with Gasteiger partial charge in [-0.1, -0.05) is 53.5 Å². The Bertz CT molecular complexity index is 422. The summed E-state index contributed by atoms with van der Waals surface area (Å²) in [4.78, 5) is 0. The van der Waals surface area contributed by atoms with Crippen molar-refractivity contribution in [2.24, 2.45) is 0 Å². The second kappa shape index (κ2) is 25.6. The van der Waals surface area contributed by atoms with Crippen molar-refractivity contribution < 1.29 is 44.3 Å². The molecule has 1 saturated heterocycles. The Kier molecular flexibility index (Phi) is 38.7. The molecule has 1 fully saturated rings. The summed E-state index contributed by atoms with van der Waals surface area (Å²) in [6, 6.07) is 10.3. The molecule has 5 nitrogen and oxygen atoms in total. The molecular formula is C13H7Cl2O5PW. The third-order valence-corrected chi connectivity index (χ3v) is 5.85. The van der Waals surface area contributed by atoms with E-state index in [1.807, 2.05) is 18.2 Å². The van der Waals surface area contributed by atoms with Crippen molar-refractivity contribution in [2.45, 2.75) is 4.07 Å². The molecule has 0 bridgehead atoms. The van der Waals surface area contributed by atoms with Crippen LogP contribution in [0.3, 0.4) is 0 Å². The summed E-state index contributed by atoms with van der Waals surface area (Å²) in [7, 11) is -0.258. The molecule has 1 aromatic carbocycles. The number of alkyl halides is 2. The maximum atomic E-state index is 7.50. The van der Waals surface area contributed by atoms with Crippen LogP contribution in [0.2, 0.25) is 0 Å². The maximum absolute atomic E-state index is 7.50. The van der Waals surface area contributed by atoms with Crippen molar-refractivity contribution in [1.29, 1.82) is 0 Å². The van der Waals surface area contributed by atoms with Gasteiger partial charge in [-0.25, -0.2) is 0 Å². The Hall–Kier alpha value is -0.382. The van der Waals surface area contributed by atoms with E-state index in [4.69, 9.17) is 46.5 Å². The van der Waals surface area contributed by atoms with E-state index in [-0.39, 0.29) is 29.0 Å². The molecule has 0 radical (unpaired) electrons. The van der Waals surface area contributed by atoms with Gasteiger partial charge >= 0.3 is 56.5 Å². The zero-order valence-electron chi connectivity index (χ0n) is 10.7. The maximum Gasteiger partial charge on any atom is 0 e. The van der Waals surface area contributed by atoms with Gasteiger partial charge in [-0.05, 0) is 13.2 Å². The van der Waals surface area contributed by atoms with E-state index in [1.165, 1.54) is 5.30 Å². The molecule has 1 atom stereocenters. The Balaban J connectivity index is -0.0000000760. The zero-order chi connectivity index (χ0) is 17.9. The zero-order valence-corrected chi connectivity index (χ0v) is 16.1. The van der Waals surface area contributed by atoms with Crippen molar-refractivity contribution >= 4 is 36.4 Å². The second-order valence-corrected chi connectivity index (χ2v) is 7.05. The molecule has 1 aromatic rings. The summed E-state index contributed by atoms with van der Waals surface area (Å²) < 4.78 is 37.1. The minimum Gasteiger partial charge on any atom is 0 e. The van der Waals surface area contributed by atoms with Gasteiger partial charge in [-0.3, -0.25) is 0 Å². The molecule has 2 rings (SSSR count). The summed E-state index contributed by atoms with van der Waals surface area (Å²) in [6.07, 6.45) is 0.954. The van der Waals surface area contributed by atoms with Gasteiger partial charge in [0.2, 0.25) is 0 Å². The summed E-state index contributed by atoms with van der Waals surface area (Å²) in [5.74, 6) is 0. The van der Waals surface area contributed by atoms with Gasteiger partial charge in [-0.15, -0.1) is 0 Å². The van der Waals surface area contributed by atoms with Crippen molar-refractivity contribution in [3.63, 3.8) is 0 Å². The molecule has 1 unspecified atom stereocenters. The van der Waals surface area contributed by atoms with Gasteiger partial charge in [0.1, 0.15) is 4.07 Å². The van der Waals surface area contributed by atoms with E-state index in [0.717, 1.165) is 6.16 Å². The van der Waals surface area contributed by atoms with Crippen LogP contribution in [-0.4, -0.2) is 10.2 Å². The topological polar surface area (TPSA) is 99.5 Å². The van der Waals surface area contributed by atoms with Crippen LogP contribution in [0.1, 0.15) is 0 Å². The molecule has 0 N–H and O–H groups in total. The molecule has 0 aromatic heterocycles. The van der Waals surface area contributed by atoms with Gasteiger partial charge in [0.05, 0.1) is 0 Å². The number of benzene rings is 1. The summed E-state index contributed by atoms with van der Waals surface area (Å²) in [6.45, 7) is 22.5. The van der Waals surface area contributed by atoms with Crippen LogP contribution >= 0.6 is 31.1 Å². The minimum atomic E-state index is -0.420. The Morgan fingerprint density at radius 3 is 1.27 bits per heavy atom. The first-order valence-corrected chi connectivity index (χ1v) is 6.71. The SMILES string of the molecule is ClC1(Cl)CP1c1ccccc1.[C-]#[O+].[C-]#[O+].[C-]#[O+].[C-]#[O+].[C-]#[O+].[W]. The monoisotopic (exact) mass is 528 g/mol. The van der Waals surface area contributed by atoms with Crippen molar-refractivity contribution in [2.75, 3.05) is 6.16 Å². The van der Waals surface area contributed by atoms with Gasteiger partial charge in [-0.2, -0.15) is 0 Å². The summed E-state index contributed by atoms with van der Waals surface area (Å²) >= 11 is 11.9. The van der Waals surface area contributed by atoms with Crippen LogP contribution in [0.5, 0.6) is 0 Å². The summed E-state index contributed by atoms with van der Waals surface area (Å²) in [5.41, 5.74) is 0. The Morgan fingerprint density at radius 2 is 1.05 bits per heavy atom. The fraction of sp³-hybridized carbons (Fsp3) is 0.154. The normalized spacial score (nSPS) is 13.7. The molecular weight excluding hydrogens is 522 g/mol. The fourth-order valence-corrected chi connectivity index (χ4v) is 3.96. The predicted molar refractivity (Wildman–Crippen MR) is 71.9 cm³/mol. The molecule has 0 amide bonds. The fourth-order valence-electron chi connectivity index (χ4n) is 1.04. The molecule has 22 heavy (non-hydrogen) atoms. The minimum absolute atomic E-state index is 0. The van der Waals surface area contributed by atoms with Crippen LogP contribution in [-0.2, 0) is 44.3 Å². The first-order chi connectivity index (χ1) is 10.2. The Labute approximate surface area is 154 Å². The first kappa shape index (κ1) is 33.3. The molecule has 0 saturated carbocycles. The standard InChI is InChI=1S/C8H7Cl2P.5CO.W/c9-8(10)6-11(8)7-4-2-1-3-5-7;5*1-2;/h1-5H,6H2;;;;;;. The van der Waals surface area contributed by atoms with E-state index in [9.17, 15) is 0 Å². The van der Waals surface area contributed by atoms with E-state index < -0.39 is 4.07 Å². The molecule has 1 aliphatic heterocycles. The molecule has 0 aliphatic carbocycles. The molecule has 0 spiro atoms. The average Bonchev–Trinajstić information content (AvgIpc) is 3.26. The van der Waals surface area contributed by atoms with Crippen LogP contribution in [0.4, 0.5) is 0 Å².